The van der Waals surface area contributed by atoms with Crippen LogP contribution in [0.2, 0.25) is 5.02 Å². The average Bonchev–Trinajstić information content (AvgIpc) is 2.69. The predicted molar refractivity (Wildman–Crippen MR) is 115 cm³/mol. The third kappa shape index (κ3) is 5.58. The maximum atomic E-state index is 12.6. The van der Waals surface area contributed by atoms with E-state index in [0.29, 0.717) is 11.3 Å². The number of para-hydroxylation sites is 1. The van der Waals surface area contributed by atoms with Gasteiger partial charge in [-0.15, -0.1) is 0 Å². The first kappa shape index (κ1) is 21.8. The molecule has 7 nitrogen and oxygen atoms in total. The van der Waals surface area contributed by atoms with Gasteiger partial charge < -0.3 is 21.1 Å². The lowest BCUT2D eigenvalue weighted by Crippen LogP contribution is -2.40. The van der Waals surface area contributed by atoms with Crippen LogP contribution in [0.3, 0.4) is 0 Å². The summed E-state index contributed by atoms with van der Waals surface area (Å²) in [4.78, 5) is 36.4. The summed E-state index contributed by atoms with van der Waals surface area (Å²) in [6, 6.07) is 11.4. The second-order valence-corrected chi connectivity index (χ2v) is 7.73. The number of rotatable bonds is 5. The number of halogens is 1. The van der Waals surface area contributed by atoms with E-state index in [0.717, 1.165) is 25.7 Å². The fourth-order valence-corrected chi connectivity index (χ4v) is 3.67. The zero-order chi connectivity index (χ0) is 21.7. The number of ether oxygens (including phenoxy) is 1. The first-order chi connectivity index (χ1) is 14.3. The van der Waals surface area contributed by atoms with Gasteiger partial charge in [0.25, 0.3) is 11.8 Å². The lowest BCUT2D eigenvalue weighted by Gasteiger charge is -2.27. The SMILES string of the molecule is CC(=O)Oc1ccccc1C(=O)Nc1ccc(C(=O)NC2CCC(N)CC2)c(Cl)c1. The van der Waals surface area contributed by atoms with E-state index >= 15 is 0 Å². The first-order valence-electron chi connectivity index (χ1n) is 9.78. The molecule has 1 fully saturated rings. The Morgan fingerprint density at radius 3 is 2.37 bits per heavy atom. The van der Waals surface area contributed by atoms with Crippen LogP contribution in [-0.4, -0.2) is 29.9 Å². The van der Waals surface area contributed by atoms with E-state index in [-0.39, 0.29) is 34.3 Å². The second-order valence-electron chi connectivity index (χ2n) is 7.32. The van der Waals surface area contributed by atoms with E-state index in [1.807, 2.05) is 0 Å². The number of anilines is 1. The van der Waals surface area contributed by atoms with Crippen molar-refractivity contribution in [3.8, 4) is 5.75 Å². The Hall–Kier alpha value is -2.90. The van der Waals surface area contributed by atoms with Crippen LogP contribution < -0.4 is 21.1 Å². The molecule has 0 spiro atoms. The van der Waals surface area contributed by atoms with Gasteiger partial charge in [-0.2, -0.15) is 0 Å². The van der Waals surface area contributed by atoms with Gasteiger partial charge in [0, 0.05) is 24.7 Å². The van der Waals surface area contributed by atoms with Crippen molar-refractivity contribution in [2.75, 3.05) is 5.32 Å². The number of carbonyl (C=O) groups excluding carboxylic acids is 3. The summed E-state index contributed by atoms with van der Waals surface area (Å²) in [5, 5.41) is 5.93. The number of carbonyl (C=O) groups is 3. The molecule has 30 heavy (non-hydrogen) atoms. The van der Waals surface area contributed by atoms with Gasteiger partial charge in [-0.3, -0.25) is 14.4 Å². The number of benzene rings is 2. The summed E-state index contributed by atoms with van der Waals surface area (Å²) in [7, 11) is 0. The highest BCUT2D eigenvalue weighted by atomic mass is 35.5. The van der Waals surface area contributed by atoms with Gasteiger partial charge in [0.15, 0.2) is 0 Å². The summed E-state index contributed by atoms with van der Waals surface area (Å²) >= 11 is 6.29. The summed E-state index contributed by atoms with van der Waals surface area (Å²) < 4.78 is 5.07. The molecule has 4 N–H and O–H groups in total. The van der Waals surface area contributed by atoms with Crippen molar-refractivity contribution >= 4 is 35.1 Å². The number of hydrogen-bond donors (Lipinski definition) is 3. The molecule has 1 aliphatic carbocycles. The van der Waals surface area contributed by atoms with Crippen LogP contribution in [0.25, 0.3) is 0 Å². The molecule has 0 heterocycles. The number of esters is 1. The zero-order valence-electron chi connectivity index (χ0n) is 16.6. The third-order valence-electron chi connectivity index (χ3n) is 4.96. The number of nitrogens with two attached hydrogens (primary N) is 1. The Bertz CT molecular complexity index is 955. The van der Waals surface area contributed by atoms with Crippen molar-refractivity contribution in [3.05, 3.63) is 58.6 Å². The standard InChI is InChI=1S/C22H24ClN3O4/c1-13(27)30-20-5-3-2-4-18(20)22(29)26-16-10-11-17(19(23)12-16)21(28)25-15-8-6-14(24)7-9-15/h2-5,10-12,14-15H,6-9,24H2,1H3,(H,25,28)(H,26,29). The highest BCUT2D eigenvalue weighted by Crippen LogP contribution is 2.25. The third-order valence-corrected chi connectivity index (χ3v) is 5.28. The van der Waals surface area contributed by atoms with Crippen molar-refractivity contribution in [3.63, 3.8) is 0 Å². The fourth-order valence-electron chi connectivity index (χ4n) is 3.40. The molecule has 0 atom stereocenters. The van der Waals surface area contributed by atoms with Crippen molar-refractivity contribution < 1.29 is 19.1 Å². The fraction of sp³-hybridized carbons (Fsp3) is 0.318. The minimum atomic E-state index is -0.520. The van der Waals surface area contributed by atoms with E-state index in [9.17, 15) is 14.4 Å². The van der Waals surface area contributed by atoms with Crippen molar-refractivity contribution in [2.24, 2.45) is 5.73 Å². The molecular weight excluding hydrogens is 406 g/mol. The summed E-state index contributed by atoms with van der Waals surface area (Å²) in [5.74, 6) is -1.07. The van der Waals surface area contributed by atoms with Gasteiger partial charge in [-0.1, -0.05) is 23.7 Å². The summed E-state index contributed by atoms with van der Waals surface area (Å²) in [6.45, 7) is 1.26. The molecule has 1 aliphatic rings. The normalized spacial score (nSPS) is 18.4. The quantitative estimate of drug-likeness (QED) is 0.497. The molecule has 0 unspecified atom stereocenters. The Balaban J connectivity index is 1.67. The maximum absolute atomic E-state index is 12.6. The lowest BCUT2D eigenvalue weighted by molar-refractivity contribution is -0.131. The Kier molecular flexibility index (Phi) is 7.07. The molecular formula is C22H24ClN3O4. The summed E-state index contributed by atoms with van der Waals surface area (Å²) in [5.41, 5.74) is 6.87. The molecule has 2 amide bonds. The molecule has 3 rings (SSSR count). The van der Waals surface area contributed by atoms with Crippen LogP contribution >= 0.6 is 11.6 Å². The molecule has 0 radical (unpaired) electrons. The minimum Gasteiger partial charge on any atom is -0.426 e. The predicted octanol–water partition coefficient (Wildman–Crippen LogP) is 3.52. The molecule has 158 valence electrons. The minimum absolute atomic E-state index is 0.0884. The Labute approximate surface area is 179 Å². The molecule has 0 bridgehead atoms. The van der Waals surface area contributed by atoms with Gasteiger partial charge in [-0.25, -0.2) is 0 Å². The molecule has 2 aromatic rings. The molecule has 1 saturated carbocycles. The van der Waals surface area contributed by atoms with Crippen LogP contribution in [0.15, 0.2) is 42.5 Å². The lowest BCUT2D eigenvalue weighted by atomic mass is 9.91. The van der Waals surface area contributed by atoms with Crippen LogP contribution in [0.4, 0.5) is 5.69 Å². The second kappa shape index (κ2) is 9.73. The van der Waals surface area contributed by atoms with Gasteiger partial charge >= 0.3 is 5.97 Å². The maximum Gasteiger partial charge on any atom is 0.308 e. The topological polar surface area (TPSA) is 111 Å². The van der Waals surface area contributed by atoms with E-state index in [1.54, 1.807) is 30.3 Å². The molecule has 0 saturated heterocycles. The number of hydrogen-bond acceptors (Lipinski definition) is 5. The van der Waals surface area contributed by atoms with E-state index in [4.69, 9.17) is 22.1 Å². The van der Waals surface area contributed by atoms with Crippen molar-refractivity contribution in [1.82, 2.24) is 5.32 Å². The van der Waals surface area contributed by atoms with Crippen LogP contribution in [-0.2, 0) is 4.79 Å². The Morgan fingerprint density at radius 1 is 1.00 bits per heavy atom. The highest BCUT2D eigenvalue weighted by Gasteiger charge is 2.22. The average molecular weight is 430 g/mol. The van der Waals surface area contributed by atoms with Crippen LogP contribution in [0.1, 0.15) is 53.3 Å². The van der Waals surface area contributed by atoms with Crippen molar-refractivity contribution in [1.29, 1.82) is 0 Å². The number of nitrogens with one attached hydrogen (secondary N) is 2. The largest absolute Gasteiger partial charge is 0.426 e. The first-order valence-corrected chi connectivity index (χ1v) is 10.2. The van der Waals surface area contributed by atoms with E-state index in [1.165, 1.54) is 19.1 Å². The monoisotopic (exact) mass is 429 g/mol. The van der Waals surface area contributed by atoms with E-state index < -0.39 is 11.9 Å². The Morgan fingerprint density at radius 2 is 1.70 bits per heavy atom. The van der Waals surface area contributed by atoms with Gasteiger partial charge in [-0.05, 0) is 56.0 Å². The summed E-state index contributed by atoms with van der Waals surface area (Å²) in [6.07, 6.45) is 3.47. The molecule has 2 aromatic carbocycles. The van der Waals surface area contributed by atoms with Crippen molar-refractivity contribution in [2.45, 2.75) is 44.7 Å². The highest BCUT2D eigenvalue weighted by molar-refractivity contribution is 6.34. The van der Waals surface area contributed by atoms with Crippen LogP contribution in [0, 0.1) is 0 Å². The molecule has 8 heteroatoms. The molecule has 0 aromatic heterocycles. The smallest absolute Gasteiger partial charge is 0.308 e. The molecule has 0 aliphatic heterocycles. The van der Waals surface area contributed by atoms with Gasteiger partial charge in [0.2, 0.25) is 0 Å². The number of amides is 2. The van der Waals surface area contributed by atoms with Crippen LogP contribution in [0.5, 0.6) is 5.75 Å². The van der Waals surface area contributed by atoms with Gasteiger partial charge in [0.05, 0.1) is 16.1 Å². The zero-order valence-corrected chi connectivity index (χ0v) is 17.4. The van der Waals surface area contributed by atoms with E-state index in [2.05, 4.69) is 10.6 Å². The van der Waals surface area contributed by atoms with Gasteiger partial charge in [0.1, 0.15) is 5.75 Å².